The number of carboxylic acids is 1. The second-order valence-electron chi connectivity index (χ2n) is 9.51. The number of carboxylic acid groups (broad SMARTS) is 1. The predicted molar refractivity (Wildman–Crippen MR) is 125 cm³/mol. The minimum absolute atomic E-state index is 0.0704. The molecule has 2 heterocycles. The molecule has 1 aliphatic heterocycles. The average Bonchev–Trinajstić information content (AvgIpc) is 2.77. The van der Waals surface area contributed by atoms with Crippen molar-refractivity contribution >= 4 is 18.0 Å². The summed E-state index contributed by atoms with van der Waals surface area (Å²) in [6, 6.07) is 9.24. The van der Waals surface area contributed by atoms with E-state index in [1.165, 1.54) is 11.1 Å². The van der Waals surface area contributed by atoms with E-state index in [0.29, 0.717) is 37.4 Å². The van der Waals surface area contributed by atoms with Gasteiger partial charge in [0.25, 0.3) is 5.91 Å². The second-order valence-corrected chi connectivity index (χ2v) is 9.51. The summed E-state index contributed by atoms with van der Waals surface area (Å²) in [4.78, 5) is 48.8. The van der Waals surface area contributed by atoms with Crippen molar-refractivity contribution in [3.8, 4) is 0 Å². The van der Waals surface area contributed by atoms with E-state index in [2.05, 4.69) is 9.97 Å². The first-order valence-electron chi connectivity index (χ1n) is 11.4. The van der Waals surface area contributed by atoms with Crippen molar-refractivity contribution in [2.75, 3.05) is 19.6 Å². The third kappa shape index (κ3) is 6.76. The number of carbonyl (C=O) groups excluding carboxylic acids is 2. The summed E-state index contributed by atoms with van der Waals surface area (Å²) in [5.41, 5.74) is 1.09. The van der Waals surface area contributed by atoms with Gasteiger partial charge in [0.15, 0.2) is 0 Å². The number of aromatic nitrogens is 2. The number of amides is 2. The number of nitrogens with zero attached hydrogens (tertiary/aromatic N) is 4. The summed E-state index contributed by atoms with van der Waals surface area (Å²) in [5, 5.41) is 9.30. The monoisotopic (exact) mass is 468 g/mol. The second kappa shape index (κ2) is 10.6. The first kappa shape index (κ1) is 25.1. The van der Waals surface area contributed by atoms with Gasteiger partial charge in [-0.2, -0.15) is 0 Å². The molecule has 1 N–H and O–H groups in total. The Bertz CT molecular complexity index is 1030. The van der Waals surface area contributed by atoms with Crippen LogP contribution in [0.15, 0.2) is 36.5 Å². The van der Waals surface area contributed by atoms with Gasteiger partial charge < -0.3 is 19.6 Å². The van der Waals surface area contributed by atoms with E-state index >= 15 is 0 Å². The van der Waals surface area contributed by atoms with E-state index in [1.54, 1.807) is 11.8 Å². The summed E-state index contributed by atoms with van der Waals surface area (Å²) in [7, 11) is 0. The van der Waals surface area contributed by atoms with Gasteiger partial charge in [0.1, 0.15) is 18.0 Å². The van der Waals surface area contributed by atoms with Crippen LogP contribution in [0.4, 0.5) is 4.79 Å². The van der Waals surface area contributed by atoms with Crippen LogP contribution in [-0.2, 0) is 16.1 Å². The van der Waals surface area contributed by atoms with Gasteiger partial charge in [-0.3, -0.25) is 9.59 Å². The molecule has 1 aromatic carbocycles. The summed E-state index contributed by atoms with van der Waals surface area (Å²) in [6.07, 6.45) is 2.57. The summed E-state index contributed by atoms with van der Waals surface area (Å²) in [5.74, 6) is -0.807. The fourth-order valence-electron chi connectivity index (χ4n) is 3.88. The minimum Gasteiger partial charge on any atom is -0.480 e. The zero-order chi connectivity index (χ0) is 24.9. The van der Waals surface area contributed by atoms with Crippen molar-refractivity contribution in [3.05, 3.63) is 59.2 Å². The Morgan fingerprint density at radius 1 is 1.15 bits per heavy atom. The van der Waals surface area contributed by atoms with Gasteiger partial charge in [-0.15, -0.1) is 0 Å². The maximum atomic E-state index is 13.1. The molecular formula is C25H32N4O5. The minimum atomic E-state index is -1.09. The molecule has 0 radical (unpaired) electrons. The number of aryl methyl sites for hydroxylation is 1. The molecule has 0 atom stereocenters. The lowest BCUT2D eigenvalue weighted by Crippen LogP contribution is -2.41. The van der Waals surface area contributed by atoms with Crippen LogP contribution in [-0.4, -0.2) is 68.1 Å². The molecule has 1 saturated heterocycles. The highest BCUT2D eigenvalue weighted by molar-refractivity contribution is 5.96. The van der Waals surface area contributed by atoms with Crippen molar-refractivity contribution in [1.82, 2.24) is 19.8 Å². The Kier molecular flexibility index (Phi) is 7.86. The molecule has 0 bridgehead atoms. The molecule has 0 unspecified atom stereocenters. The number of benzene rings is 1. The molecule has 0 spiro atoms. The van der Waals surface area contributed by atoms with Crippen LogP contribution in [0.2, 0.25) is 0 Å². The zero-order valence-corrected chi connectivity index (χ0v) is 20.2. The van der Waals surface area contributed by atoms with E-state index < -0.39 is 24.0 Å². The van der Waals surface area contributed by atoms with E-state index in [-0.39, 0.29) is 24.1 Å². The average molecular weight is 469 g/mol. The number of aliphatic carboxylic acids is 1. The van der Waals surface area contributed by atoms with Crippen LogP contribution >= 0.6 is 0 Å². The highest BCUT2D eigenvalue weighted by Gasteiger charge is 2.29. The van der Waals surface area contributed by atoms with Gasteiger partial charge in [-0.1, -0.05) is 30.3 Å². The third-order valence-corrected chi connectivity index (χ3v) is 5.57. The molecule has 0 saturated carbocycles. The lowest BCUT2D eigenvalue weighted by molar-refractivity contribution is -0.137. The molecule has 1 aliphatic rings. The largest absolute Gasteiger partial charge is 0.480 e. The Hall–Kier alpha value is -3.49. The lowest BCUT2D eigenvalue weighted by Gasteiger charge is -2.33. The van der Waals surface area contributed by atoms with Crippen LogP contribution < -0.4 is 0 Å². The van der Waals surface area contributed by atoms with Crippen molar-refractivity contribution in [2.24, 2.45) is 0 Å². The molecule has 182 valence electrons. The Labute approximate surface area is 199 Å². The van der Waals surface area contributed by atoms with E-state index in [9.17, 15) is 19.5 Å². The smallest absolute Gasteiger partial charge is 0.410 e. The Balaban J connectivity index is 1.68. The highest BCUT2D eigenvalue weighted by Crippen LogP contribution is 2.27. The number of hydrogen-bond acceptors (Lipinski definition) is 6. The fraction of sp³-hybridized carbons (Fsp3) is 0.480. The highest BCUT2D eigenvalue weighted by atomic mass is 16.6. The maximum Gasteiger partial charge on any atom is 0.410 e. The van der Waals surface area contributed by atoms with Crippen LogP contribution in [0.1, 0.15) is 67.0 Å². The summed E-state index contributed by atoms with van der Waals surface area (Å²) in [6.45, 7) is 8.11. The number of ether oxygens (including phenoxy) is 1. The van der Waals surface area contributed by atoms with Crippen molar-refractivity contribution < 1.29 is 24.2 Å². The number of likely N-dealkylation sites (tertiary alicyclic amines) is 1. The summed E-state index contributed by atoms with van der Waals surface area (Å²) >= 11 is 0. The van der Waals surface area contributed by atoms with Crippen LogP contribution in [0.25, 0.3) is 0 Å². The topological polar surface area (TPSA) is 113 Å². The van der Waals surface area contributed by atoms with Crippen LogP contribution in [0.3, 0.4) is 0 Å². The predicted octanol–water partition coefficient (Wildman–Crippen LogP) is 3.63. The number of carbonyl (C=O) groups is 3. The van der Waals surface area contributed by atoms with Gasteiger partial charge in [0.05, 0.1) is 11.3 Å². The van der Waals surface area contributed by atoms with E-state index in [1.807, 2.05) is 51.1 Å². The zero-order valence-electron chi connectivity index (χ0n) is 20.2. The van der Waals surface area contributed by atoms with Crippen molar-refractivity contribution in [1.29, 1.82) is 0 Å². The van der Waals surface area contributed by atoms with Crippen LogP contribution in [0.5, 0.6) is 0 Å². The van der Waals surface area contributed by atoms with Gasteiger partial charge in [0.2, 0.25) is 0 Å². The molecule has 9 heteroatoms. The lowest BCUT2D eigenvalue weighted by atomic mass is 9.96. The Morgan fingerprint density at radius 2 is 1.79 bits per heavy atom. The number of hydrogen-bond donors (Lipinski definition) is 1. The standard InChI is InChI=1S/C25H32N4O5/c1-17-20(23(32)29(16-21(30)31)15-18-8-6-5-7-9-18)14-26-22(27-17)19-10-12-28(13-11-19)24(33)34-25(2,3)4/h5-9,14,19H,10-13,15-16H2,1-4H3,(H,30,31). The third-order valence-electron chi connectivity index (χ3n) is 5.57. The SMILES string of the molecule is Cc1nc(C2CCN(C(=O)OC(C)(C)C)CC2)ncc1C(=O)N(CC(=O)O)Cc1ccccc1. The Morgan fingerprint density at radius 3 is 2.35 bits per heavy atom. The van der Waals surface area contributed by atoms with Crippen LogP contribution in [0, 0.1) is 6.92 Å². The van der Waals surface area contributed by atoms with Crippen molar-refractivity contribution in [2.45, 2.75) is 58.6 Å². The molecule has 0 aliphatic carbocycles. The van der Waals surface area contributed by atoms with E-state index in [4.69, 9.17) is 4.74 Å². The molecule has 2 aromatic rings. The van der Waals surface area contributed by atoms with Crippen molar-refractivity contribution in [3.63, 3.8) is 0 Å². The number of rotatable bonds is 6. The molecule has 2 amide bonds. The first-order chi connectivity index (χ1) is 16.0. The first-order valence-corrected chi connectivity index (χ1v) is 11.4. The van der Waals surface area contributed by atoms with Gasteiger partial charge >= 0.3 is 12.1 Å². The molecule has 1 aromatic heterocycles. The number of piperidine rings is 1. The molecular weight excluding hydrogens is 436 g/mol. The molecule has 34 heavy (non-hydrogen) atoms. The van der Waals surface area contributed by atoms with Gasteiger partial charge in [-0.05, 0) is 46.1 Å². The van der Waals surface area contributed by atoms with Gasteiger partial charge in [0, 0.05) is 31.7 Å². The summed E-state index contributed by atoms with van der Waals surface area (Å²) < 4.78 is 5.44. The van der Waals surface area contributed by atoms with E-state index in [0.717, 1.165) is 5.56 Å². The quantitative estimate of drug-likeness (QED) is 0.689. The molecule has 9 nitrogen and oxygen atoms in total. The normalized spacial score (nSPS) is 14.5. The fourth-order valence-corrected chi connectivity index (χ4v) is 3.88. The maximum absolute atomic E-state index is 13.1. The molecule has 1 fully saturated rings. The molecule has 3 rings (SSSR count). The van der Waals surface area contributed by atoms with Gasteiger partial charge in [-0.25, -0.2) is 14.8 Å².